The molecule has 0 aliphatic carbocycles. The fourth-order valence-electron chi connectivity index (χ4n) is 1.50. The molecule has 0 bridgehead atoms. The van der Waals surface area contributed by atoms with Crippen LogP contribution in [0.5, 0.6) is 0 Å². The molecule has 0 N–H and O–H groups in total. The van der Waals surface area contributed by atoms with Gasteiger partial charge >= 0.3 is 0 Å². The highest BCUT2D eigenvalue weighted by molar-refractivity contribution is 5.03. The van der Waals surface area contributed by atoms with Gasteiger partial charge in [0, 0.05) is 24.9 Å². The largest absolute Gasteiger partial charge is 0.381 e. The number of rotatable bonds is 7. The monoisotopic (exact) mass is 232 g/mol. The van der Waals surface area contributed by atoms with Crippen LogP contribution in [-0.4, -0.2) is 18.2 Å². The van der Waals surface area contributed by atoms with E-state index in [4.69, 9.17) is 10.00 Å². The molecule has 92 valence electrons. The lowest BCUT2D eigenvalue weighted by atomic mass is 9.90. The summed E-state index contributed by atoms with van der Waals surface area (Å²) >= 11 is 0. The van der Waals surface area contributed by atoms with Crippen LogP contribution >= 0.6 is 0 Å². The summed E-state index contributed by atoms with van der Waals surface area (Å²) in [5.74, 6) is 0. The van der Waals surface area contributed by atoms with Crippen LogP contribution in [0.25, 0.3) is 0 Å². The number of aromatic nitrogens is 1. The maximum Gasteiger partial charge on any atom is 0.0683 e. The van der Waals surface area contributed by atoms with E-state index in [1.807, 2.05) is 32.0 Å². The highest BCUT2D eigenvalue weighted by Crippen LogP contribution is 2.20. The Morgan fingerprint density at radius 1 is 1.35 bits per heavy atom. The Morgan fingerprint density at radius 3 is 2.82 bits per heavy atom. The molecule has 0 unspecified atom stereocenters. The lowest BCUT2D eigenvalue weighted by Crippen LogP contribution is -2.10. The predicted molar refractivity (Wildman–Crippen MR) is 67.4 cm³/mol. The third-order valence-electron chi connectivity index (χ3n) is 2.62. The fourth-order valence-corrected chi connectivity index (χ4v) is 1.50. The zero-order valence-corrected chi connectivity index (χ0v) is 10.6. The van der Waals surface area contributed by atoms with Gasteiger partial charge in [-0.25, -0.2) is 0 Å². The van der Waals surface area contributed by atoms with E-state index in [9.17, 15) is 0 Å². The third-order valence-corrected chi connectivity index (χ3v) is 2.62. The standard InChI is InChI=1S/C14H20N2O/c1-14(2,12-15)8-5-10-17-11-7-13-6-3-4-9-16-13/h3-4,6,9H,5,7-8,10-11H2,1-2H3. The fraction of sp³-hybridized carbons (Fsp3) is 0.571. The van der Waals surface area contributed by atoms with Crippen molar-refractivity contribution in [1.29, 1.82) is 5.26 Å². The summed E-state index contributed by atoms with van der Waals surface area (Å²) in [4.78, 5) is 4.23. The van der Waals surface area contributed by atoms with Crippen LogP contribution in [0, 0.1) is 16.7 Å². The summed E-state index contributed by atoms with van der Waals surface area (Å²) in [6, 6.07) is 8.19. The number of ether oxygens (including phenoxy) is 1. The zero-order chi connectivity index (χ0) is 12.6. The molecular weight excluding hydrogens is 212 g/mol. The van der Waals surface area contributed by atoms with Crippen molar-refractivity contribution in [2.45, 2.75) is 33.1 Å². The molecule has 0 aliphatic heterocycles. The molecule has 3 nitrogen and oxygen atoms in total. The molecule has 0 radical (unpaired) electrons. The van der Waals surface area contributed by atoms with E-state index in [2.05, 4.69) is 11.1 Å². The molecule has 0 saturated carbocycles. The quantitative estimate of drug-likeness (QED) is 0.679. The number of pyridine rings is 1. The second kappa shape index (κ2) is 7.03. The van der Waals surface area contributed by atoms with Gasteiger partial charge in [0.25, 0.3) is 0 Å². The second-order valence-corrected chi connectivity index (χ2v) is 4.78. The van der Waals surface area contributed by atoms with Gasteiger partial charge in [-0.1, -0.05) is 6.07 Å². The average molecular weight is 232 g/mol. The summed E-state index contributed by atoms with van der Waals surface area (Å²) in [6.07, 6.45) is 4.46. The van der Waals surface area contributed by atoms with E-state index >= 15 is 0 Å². The first-order chi connectivity index (χ1) is 8.14. The molecule has 0 aromatic carbocycles. The van der Waals surface area contributed by atoms with Gasteiger partial charge in [-0.2, -0.15) is 5.26 Å². The van der Waals surface area contributed by atoms with E-state index < -0.39 is 0 Å². The molecule has 0 amide bonds. The van der Waals surface area contributed by atoms with Crippen molar-refractivity contribution in [2.24, 2.45) is 5.41 Å². The maximum atomic E-state index is 8.85. The first kappa shape index (κ1) is 13.7. The number of nitrogens with zero attached hydrogens (tertiary/aromatic N) is 2. The minimum Gasteiger partial charge on any atom is -0.381 e. The number of nitriles is 1. The van der Waals surface area contributed by atoms with Crippen LogP contribution < -0.4 is 0 Å². The first-order valence-electron chi connectivity index (χ1n) is 6.03. The Balaban J connectivity index is 2.04. The van der Waals surface area contributed by atoms with Gasteiger partial charge < -0.3 is 4.74 Å². The lowest BCUT2D eigenvalue weighted by Gasteiger charge is -2.14. The van der Waals surface area contributed by atoms with Gasteiger partial charge in [0.2, 0.25) is 0 Å². The Bertz CT molecular complexity index is 354. The average Bonchev–Trinajstić information content (AvgIpc) is 2.35. The Labute approximate surface area is 103 Å². The van der Waals surface area contributed by atoms with Gasteiger partial charge in [0.15, 0.2) is 0 Å². The Hall–Kier alpha value is -1.40. The van der Waals surface area contributed by atoms with Crippen LogP contribution in [0.2, 0.25) is 0 Å². The highest BCUT2D eigenvalue weighted by atomic mass is 16.5. The highest BCUT2D eigenvalue weighted by Gasteiger charge is 2.15. The first-order valence-corrected chi connectivity index (χ1v) is 6.03. The van der Waals surface area contributed by atoms with E-state index in [1.54, 1.807) is 6.20 Å². The van der Waals surface area contributed by atoms with Crippen molar-refractivity contribution in [1.82, 2.24) is 4.98 Å². The summed E-state index contributed by atoms with van der Waals surface area (Å²) in [7, 11) is 0. The third kappa shape index (κ3) is 6.03. The van der Waals surface area contributed by atoms with Crippen molar-refractivity contribution >= 4 is 0 Å². The Kier molecular flexibility index (Phi) is 5.65. The second-order valence-electron chi connectivity index (χ2n) is 4.78. The van der Waals surface area contributed by atoms with Gasteiger partial charge in [0.1, 0.15) is 0 Å². The molecule has 0 fully saturated rings. The molecule has 0 saturated heterocycles. The molecule has 1 rings (SSSR count). The van der Waals surface area contributed by atoms with Crippen LogP contribution in [0.15, 0.2) is 24.4 Å². The Morgan fingerprint density at radius 2 is 2.18 bits per heavy atom. The van der Waals surface area contributed by atoms with Crippen molar-refractivity contribution in [3.05, 3.63) is 30.1 Å². The van der Waals surface area contributed by atoms with Crippen molar-refractivity contribution in [3.63, 3.8) is 0 Å². The van der Waals surface area contributed by atoms with E-state index in [0.29, 0.717) is 6.61 Å². The number of hydrogen-bond donors (Lipinski definition) is 0. The van der Waals surface area contributed by atoms with Crippen molar-refractivity contribution < 1.29 is 4.74 Å². The van der Waals surface area contributed by atoms with E-state index in [-0.39, 0.29) is 5.41 Å². The van der Waals surface area contributed by atoms with Gasteiger partial charge in [0.05, 0.1) is 18.1 Å². The smallest absolute Gasteiger partial charge is 0.0683 e. The van der Waals surface area contributed by atoms with Gasteiger partial charge in [-0.05, 0) is 38.8 Å². The minimum absolute atomic E-state index is 0.232. The van der Waals surface area contributed by atoms with E-state index in [1.165, 1.54) is 0 Å². The number of hydrogen-bond acceptors (Lipinski definition) is 3. The topological polar surface area (TPSA) is 45.9 Å². The normalized spacial score (nSPS) is 11.1. The van der Waals surface area contributed by atoms with E-state index in [0.717, 1.165) is 31.6 Å². The molecule has 1 aromatic heterocycles. The van der Waals surface area contributed by atoms with Crippen LogP contribution in [0.4, 0.5) is 0 Å². The molecule has 0 aliphatic rings. The van der Waals surface area contributed by atoms with Crippen molar-refractivity contribution in [2.75, 3.05) is 13.2 Å². The molecule has 1 aromatic rings. The predicted octanol–water partition coefficient (Wildman–Crippen LogP) is 2.97. The SMILES string of the molecule is CC(C)(C#N)CCCOCCc1ccccn1. The van der Waals surface area contributed by atoms with Gasteiger partial charge in [-0.3, -0.25) is 4.98 Å². The van der Waals surface area contributed by atoms with Crippen LogP contribution in [0.1, 0.15) is 32.4 Å². The maximum absolute atomic E-state index is 8.85. The summed E-state index contributed by atoms with van der Waals surface area (Å²) in [6.45, 7) is 5.34. The van der Waals surface area contributed by atoms with Crippen molar-refractivity contribution in [3.8, 4) is 6.07 Å². The van der Waals surface area contributed by atoms with Crippen LogP contribution in [-0.2, 0) is 11.2 Å². The zero-order valence-electron chi connectivity index (χ0n) is 10.6. The molecule has 1 heterocycles. The summed E-state index contributed by atoms with van der Waals surface area (Å²) in [5.41, 5.74) is 0.828. The molecular formula is C14H20N2O. The molecule has 0 spiro atoms. The summed E-state index contributed by atoms with van der Waals surface area (Å²) < 4.78 is 5.53. The summed E-state index contributed by atoms with van der Waals surface area (Å²) in [5, 5.41) is 8.85. The molecule has 3 heteroatoms. The lowest BCUT2D eigenvalue weighted by molar-refractivity contribution is 0.127. The molecule has 0 atom stereocenters. The minimum atomic E-state index is -0.232. The molecule has 17 heavy (non-hydrogen) atoms. The van der Waals surface area contributed by atoms with Gasteiger partial charge in [-0.15, -0.1) is 0 Å². The van der Waals surface area contributed by atoms with Crippen LogP contribution in [0.3, 0.4) is 0 Å².